The Balaban J connectivity index is 3.56. The molecule has 0 aliphatic heterocycles. The molecule has 0 bridgehead atoms. The molecule has 0 fully saturated rings. The first-order chi connectivity index (χ1) is 6.07. The van der Waals surface area contributed by atoms with Crippen molar-refractivity contribution >= 4 is 5.84 Å². The molecule has 3 nitrogen and oxygen atoms in total. The third-order valence-electron chi connectivity index (χ3n) is 2.38. The van der Waals surface area contributed by atoms with Gasteiger partial charge < -0.3 is 10.6 Å². The average molecular weight is 185 g/mol. The quantitative estimate of drug-likeness (QED) is 0.361. The molecule has 1 unspecified atom stereocenters. The maximum atomic E-state index is 7.18. The van der Waals surface area contributed by atoms with Crippen LogP contribution in [0.4, 0.5) is 0 Å². The van der Waals surface area contributed by atoms with Gasteiger partial charge in [-0.05, 0) is 26.9 Å². The van der Waals surface area contributed by atoms with E-state index >= 15 is 0 Å². The first kappa shape index (κ1) is 12.4. The minimum atomic E-state index is 0.287. The van der Waals surface area contributed by atoms with Crippen molar-refractivity contribution in [2.24, 2.45) is 5.73 Å². The van der Waals surface area contributed by atoms with Crippen LogP contribution in [-0.2, 0) is 0 Å². The van der Waals surface area contributed by atoms with Crippen molar-refractivity contribution in [1.29, 1.82) is 5.41 Å². The molecule has 13 heavy (non-hydrogen) atoms. The molecular weight excluding hydrogens is 162 g/mol. The second-order valence-corrected chi connectivity index (χ2v) is 3.77. The fourth-order valence-electron chi connectivity index (χ4n) is 1.31. The van der Waals surface area contributed by atoms with Gasteiger partial charge in [-0.1, -0.05) is 19.8 Å². The van der Waals surface area contributed by atoms with Crippen molar-refractivity contribution in [1.82, 2.24) is 4.90 Å². The lowest BCUT2D eigenvalue weighted by Gasteiger charge is -2.23. The molecule has 0 aliphatic rings. The van der Waals surface area contributed by atoms with Crippen LogP contribution >= 0.6 is 0 Å². The summed E-state index contributed by atoms with van der Waals surface area (Å²) in [5.41, 5.74) is 5.34. The molecule has 3 N–H and O–H groups in total. The maximum absolute atomic E-state index is 7.18. The van der Waals surface area contributed by atoms with Crippen LogP contribution < -0.4 is 5.73 Å². The Hall–Kier alpha value is -0.570. The molecule has 78 valence electrons. The summed E-state index contributed by atoms with van der Waals surface area (Å²) < 4.78 is 0. The number of nitrogens with one attached hydrogen (secondary N) is 1. The molecule has 0 aromatic rings. The number of nitrogens with zero attached hydrogens (tertiary/aromatic N) is 1. The third-order valence-corrected chi connectivity index (χ3v) is 2.38. The minimum absolute atomic E-state index is 0.287. The molecule has 0 spiro atoms. The Morgan fingerprint density at radius 1 is 1.46 bits per heavy atom. The second-order valence-electron chi connectivity index (χ2n) is 3.77. The Morgan fingerprint density at radius 3 is 2.54 bits per heavy atom. The van der Waals surface area contributed by atoms with E-state index in [0.717, 1.165) is 6.54 Å². The normalized spacial score (nSPS) is 13.2. The van der Waals surface area contributed by atoms with Crippen LogP contribution in [0.5, 0.6) is 0 Å². The number of rotatable bonds is 7. The average Bonchev–Trinajstić information content (AvgIpc) is 2.03. The number of nitrogens with two attached hydrogens (primary N) is 1. The summed E-state index contributed by atoms with van der Waals surface area (Å²) in [5, 5.41) is 7.18. The van der Waals surface area contributed by atoms with E-state index in [9.17, 15) is 0 Å². The highest BCUT2D eigenvalue weighted by molar-refractivity contribution is 5.77. The molecule has 0 rings (SSSR count). The lowest BCUT2D eigenvalue weighted by atomic mass is 10.2. The van der Waals surface area contributed by atoms with Crippen LogP contribution in [0.2, 0.25) is 0 Å². The Bertz CT molecular complexity index is 145. The predicted molar refractivity (Wildman–Crippen MR) is 58.1 cm³/mol. The number of hydrogen-bond donors (Lipinski definition) is 2. The van der Waals surface area contributed by atoms with E-state index in [-0.39, 0.29) is 5.84 Å². The Morgan fingerprint density at radius 2 is 2.08 bits per heavy atom. The molecule has 0 amide bonds. The van der Waals surface area contributed by atoms with Gasteiger partial charge in [-0.15, -0.1) is 0 Å². The molecule has 0 heterocycles. The zero-order valence-electron chi connectivity index (χ0n) is 9.14. The van der Waals surface area contributed by atoms with E-state index in [4.69, 9.17) is 11.1 Å². The Kier molecular flexibility index (Phi) is 6.59. The molecular formula is C10H23N3. The minimum Gasteiger partial charge on any atom is -0.388 e. The molecule has 0 aromatic heterocycles. The van der Waals surface area contributed by atoms with Gasteiger partial charge in [-0.25, -0.2) is 0 Å². The second kappa shape index (κ2) is 6.89. The molecule has 0 radical (unpaired) electrons. The molecule has 0 saturated carbocycles. The number of hydrogen-bond acceptors (Lipinski definition) is 2. The summed E-state index contributed by atoms with van der Waals surface area (Å²) >= 11 is 0. The highest BCUT2D eigenvalue weighted by atomic mass is 15.1. The van der Waals surface area contributed by atoms with E-state index in [1.807, 2.05) is 0 Å². The first-order valence-corrected chi connectivity index (χ1v) is 5.11. The fourth-order valence-corrected chi connectivity index (χ4v) is 1.31. The molecule has 1 atom stereocenters. The standard InChI is InChI=1S/C10H23N3/c1-4-5-6-7-13(3)9(2)8-10(11)12/h9H,4-8H2,1-3H3,(H3,11,12). The topological polar surface area (TPSA) is 53.1 Å². The summed E-state index contributed by atoms with van der Waals surface area (Å²) in [4.78, 5) is 2.27. The van der Waals surface area contributed by atoms with Crippen molar-refractivity contribution in [2.75, 3.05) is 13.6 Å². The molecule has 0 saturated heterocycles. The largest absolute Gasteiger partial charge is 0.388 e. The molecule has 3 heteroatoms. The lowest BCUT2D eigenvalue weighted by molar-refractivity contribution is 0.257. The number of unbranched alkanes of at least 4 members (excludes halogenated alkanes) is 2. The lowest BCUT2D eigenvalue weighted by Crippen LogP contribution is -2.33. The first-order valence-electron chi connectivity index (χ1n) is 5.11. The van der Waals surface area contributed by atoms with Crippen molar-refractivity contribution in [3.05, 3.63) is 0 Å². The summed E-state index contributed by atoms with van der Waals surface area (Å²) in [7, 11) is 2.10. The van der Waals surface area contributed by atoms with E-state index < -0.39 is 0 Å². The van der Waals surface area contributed by atoms with Crippen molar-refractivity contribution in [2.45, 2.75) is 45.6 Å². The van der Waals surface area contributed by atoms with E-state index in [1.54, 1.807) is 0 Å². The fraction of sp³-hybridized carbons (Fsp3) is 0.900. The molecule has 0 aromatic carbocycles. The van der Waals surface area contributed by atoms with Crippen LogP contribution in [0, 0.1) is 5.41 Å². The monoisotopic (exact) mass is 185 g/mol. The van der Waals surface area contributed by atoms with E-state index in [2.05, 4.69) is 25.8 Å². The van der Waals surface area contributed by atoms with E-state index in [1.165, 1.54) is 19.3 Å². The summed E-state index contributed by atoms with van der Waals surface area (Å²) in [6.07, 6.45) is 4.48. The van der Waals surface area contributed by atoms with Crippen molar-refractivity contribution < 1.29 is 0 Å². The van der Waals surface area contributed by atoms with Gasteiger partial charge in [0.2, 0.25) is 0 Å². The van der Waals surface area contributed by atoms with Crippen LogP contribution in [0.25, 0.3) is 0 Å². The van der Waals surface area contributed by atoms with Gasteiger partial charge in [0.1, 0.15) is 0 Å². The van der Waals surface area contributed by atoms with Gasteiger partial charge in [0.05, 0.1) is 5.84 Å². The van der Waals surface area contributed by atoms with Crippen LogP contribution in [0.1, 0.15) is 39.5 Å². The molecule has 0 aliphatic carbocycles. The van der Waals surface area contributed by atoms with Crippen LogP contribution in [-0.4, -0.2) is 30.4 Å². The van der Waals surface area contributed by atoms with Gasteiger partial charge in [0.15, 0.2) is 0 Å². The van der Waals surface area contributed by atoms with Gasteiger partial charge in [-0.3, -0.25) is 5.41 Å². The van der Waals surface area contributed by atoms with Gasteiger partial charge in [0.25, 0.3) is 0 Å². The maximum Gasteiger partial charge on any atom is 0.0920 e. The summed E-state index contributed by atoms with van der Waals surface area (Å²) in [6, 6.07) is 0.398. The smallest absolute Gasteiger partial charge is 0.0920 e. The predicted octanol–water partition coefficient (Wildman–Crippen LogP) is 1.82. The van der Waals surface area contributed by atoms with Gasteiger partial charge >= 0.3 is 0 Å². The van der Waals surface area contributed by atoms with Crippen molar-refractivity contribution in [3.63, 3.8) is 0 Å². The third kappa shape index (κ3) is 6.58. The van der Waals surface area contributed by atoms with Crippen LogP contribution in [0.15, 0.2) is 0 Å². The zero-order valence-corrected chi connectivity index (χ0v) is 9.14. The number of amidine groups is 1. The SMILES string of the molecule is CCCCCN(C)C(C)CC(=N)N. The van der Waals surface area contributed by atoms with Crippen molar-refractivity contribution in [3.8, 4) is 0 Å². The van der Waals surface area contributed by atoms with Gasteiger partial charge in [0, 0.05) is 12.5 Å². The zero-order chi connectivity index (χ0) is 10.3. The van der Waals surface area contributed by atoms with E-state index in [0.29, 0.717) is 12.5 Å². The van der Waals surface area contributed by atoms with Gasteiger partial charge in [-0.2, -0.15) is 0 Å². The highest BCUT2D eigenvalue weighted by Crippen LogP contribution is 2.03. The summed E-state index contributed by atoms with van der Waals surface area (Å²) in [5.74, 6) is 0.287. The highest BCUT2D eigenvalue weighted by Gasteiger charge is 2.08. The Labute approximate surface area is 81.8 Å². The van der Waals surface area contributed by atoms with Crippen LogP contribution in [0.3, 0.4) is 0 Å². The summed E-state index contributed by atoms with van der Waals surface area (Å²) in [6.45, 7) is 5.44.